The largest absolute Gasteiger partial charge is 0.257 e. The molecule has 0 bridgehead atoms. The van der Waals surface area contributed by atoms with Gasteiger partial charge in [-0.3, -0.25) is 9.97 Å². The van der Waals surface area contributed by atoms with Gasteiger partial charge in [0, 0.05) is 11.8 Å². The van der Waals surface area contributed by atoms with E-state index in [4.69, 9.17) is 5.26 Å². The molecular formula is C26H35N3. The highest BCUT2D eigenvalue weighted by molar-refractivity contribution is 5.59. The number of nitrogens with zero attached hydrogens (tertiary/aromatic N) is 3. The van der Waals surface area contributed by atoms with Crippen LogP contribution in [0, 0.1) is 23.2 Å². The van der Waals surface area contributed by atoms with Crippen molar-refractivity contribution >= 4 is 0 Å². The molecule has 154 valence electrons. The molecule has 29 heavy (non-hydrogen) atoms. The van der Waals surface area contributed by atoms with Gasteiger partial charge < -0.3 is 0 Å². The second kappa shape index (κ2) is 11.7. The van der Waals surface area contributed by atoms with Gasteiger partial charge in [0.1, 0.15) is 0 Å². The third-order valence-corrected chi connectivity index (χ3v) is 6.51. The fourth-order valence-electron chi connectivity index (χ4n) is 4.55. The van der Waals surface area contributed by atoms with Gasteiger partial charge in [-0.1, -0.05) is 83.3 Å². The van der Waals surface area contributed by atoms with Crippen molar-refractivity contribution in [3.8, 4) is 17.3 Å². The van der Waals surface area contributed by atoms with Gasteiger partial charge in [0.25, 0.3) is 0 Å². The molecule has 1 aromatic carbocycles. The maximum absolute atomic E-state index is 8.90. The molecule has 0 saturated heterocycles. The summed E-state index contributed by atoms with van der Waals surface area (Å²) in [5, 5.41) is 8.90. The Balaban J connectivity index is 1.37. The first-order valence-electron chi connectivity index (χ1n) is 11.6. The number of benzene rings is 1. The van der Waals surface area contributed by atoms with E-state index in [0.29, 0.717) is 5.56 Å². The quantitative estimate of drug-likeness (QED) is 0.407. The number of aryl methyl sites for hydroxylation is 1. The number of hydrogen-bond acceptors (Lipinski definition) is 3. The Kier molecular flexibility index (Phi) is 8.68. The highest BCUT2D eigenvalue weighted by atomic mass is 14.8. The summed E-state index contributed by atoms with van der Waals surface area (Å²) in [6.45, 7) is 2.29. The minimum atomic E-state index is 0.671. The Morgan fingerprint density at radius 2 is 1.55 bits per heavy atom. The van der Waals surface area contributed by atoms with Crippen LogP contribution in [-0.2, 0) is 6.42 Å². The molecule has 0 atom stereocenters. The number of hydrogen-bond donors (Lipinski definition) is 0. The van der Waals surface area contributed by atoms with Gasteiger partial charge in [-0.15, -0.1) is 0 Å². The third kappa shape index (κ3) is 6.96. The van der Waals surface area contributed by atoms with E-state index in [9.17, 15) is 0 Å². The molecule has 1 aliphatic carbocycles. The minimum absolute atomic E-state index is 0.671. The van der Waals surface area contributed by atoms with Crippen molar-refractivity contribution < 1.29 is 0 Å². The van der Waals surface area contributed by atoms with E-state index in [1.165, 1.54) is 70.6 Å². The number of unbranched alkanes of at least 4 members (excludes halogenated alkanes) is 4. The van der Waals surface area contributed by atoms with Crippen LogP contribution in [0.4, 0.5) is 0 Å². The molecule has 0 spiro atoms. The van der Waals surface area contributed by atoms with Gasteiger partial charge in [0.05, 0.1) is 29.2 Å². The molecule has 1 fully saturated rings. The topological polar surface area (TPSA) is 49.6 Å². The fraction of sp³-hybridized carbons (Fsp3) is 0.577. The molecule has 0 amide bonds. The number of rotatable bonds is 10. The summed E-state index contributed by atoms with van der Waals surface area (Å²) in [5.41, 5.74) is 3.65. The highest BCUT2D eigenvalue weighted by Crippen LogP contribution is 2.34. The SMILES string of the molecule is CCCCCCCC1CCC(CCc2cnc(-c3ccc(C#N)cc3)cn2)CC1. The van der Waals surface area contributed by atoms with Crippen LogP contribution in [-0.4, -0.2) is 9.97 Å². The summed E-state index contributed by atoms with van der Waals surface area (Å²) in [6, 6.07) is 9.67. The number of aromatic nitrogens is 2. The van der Waals surface area contributed by atoms with Crippen molar-refractivity contribution in [2.75, 3.05) is 0 Å². The molecule has 3 nitrogen and oxygen atoms in total. The summed E-state index contributed by atoms with van der Waals surface area (Å²) in [7, 11) is 0. The minimum Gasteiger partial charge on any atom is -0.257 e. The molecule has 1 aliphatic rings. The summed E-state index contributed by atoms with van der Waals surface area (Å²) < 4.78 is 0. The van der Waals surface area contributed by atoms with Crippen molar-refractivity contribution in [2.45, 2.75) is 84.0 Å². The predicted octanol–water partition coefficient (Wildman–Crippen LogP) is 7.11. The van der Waals surface area contributed by atoms with E-state index in [0.717, 1.165) is 35.2 Å². The summed E-state index contributed by atoms with van der Waals surface area (Å²) in [6.07, 6.45) is 20.2. The molecule has 0 aliphatic heterocycles. The molecule has 0 unspecified atom stereocenters. The maximum Gasteiger partial charge on any atom is 0.0991 e. The maximum atomic E-state index is 8.90. The second-order valence-electron chi connectivity index (χ2n) is 8.71. The zero-order valence-corrected chi connectivity index (χ0v) is 17.9. The smallest absolute Gasteiger partial charge is 0.0991 e. The van der Waals surface area contributed by atoms with Crippen LogP contribution >= 0.6 is 0 Å². The highest BCUT2D eigenvalue weighted by Gasteiger charge is 2.20. The average Bonchev–Trinajstić information content (AvgIpc) is 2.79. The molecular weight excluding hydrogens is 354 g/mol. The summed E-state index contributed by atoms with van der Waals surface area (Å²) >= 11 is 0. The molecule has 3 heteroatoms. The molecule has 1 saturated carbocycles. The standard InChI is InChI=1S/C26H35N3/c1-2-3-4-5-6-7-21-8-10-22(11-9-21)14-17-25-19-29-26(20-28-25)24-15-12-23(18-27)13-16-24/h12-13,15-16,19-22H,2-11,14,17H2,1H3. The van der Waals surface area contributed by atoms with Gasteiger partial charge >= 0.3 is 0 Å². The average molecular weight is 390 g/mol. The van der Waals surface area contributed by atoms with Gasteiger partial charge in [0.15, 0.2) is 0 Å². The monoisotopic (exact) mass is 389 g/mol. The normalized spacial score (nSPS) is 19.0. The van der Waals surface area contributed by atoms with E-state index >= 15 is 0 Å². The van der Waals surface area contributed by atoms with Crippen LogP contribution in [0.1, 0.15) is 88.8 Å². The van der Waals surface area contributed by atoms with E-state index in [-0.39, 0.29) is 0 Å². The van der Waals surface area contributed by atoms with Crippen molar-refractivity contribution in [2.24, 2.45) is 11.8 Å². The first-order chi connectivity index (χ1) is 14.3. The lowest BCUT2D eigenvalue weighted by molar-refractivity contribution is 0.248. The summed E-state index contributed by atoms with van der Waals surface area (Å²) in [4.78, 5) is 9.22. The first kappa shape index (κ1) is 21.5. The van der Waals surface area contributed by atoms with E-state index in [2.05, 4.69) is 23.0 Å². The lowest BCUT2D eigenvalue weighted by Gasteiger charge is -2.28. The Labute approximate surface area is 176 Å². The lowest BCUT2D eigenvalue weighted by atomic mass is 9.78. The van der Waals surface area contributed by atoms with E-state index < -0.39 is 0 Å². The van der Waals surface area contributed by atoms with Gasteiger partial charge in [-0.05, 0) is 36.8 Å². The molecule has 0 N–H and O–H groups in total. The van der Waals surface area contributed by atoms with Crippen molar-refractivity contribution in [3.63, 3.8) is 0 Å². The third-order valence-electron chi connectivity index (χ3n) is 6.51. The van der Waals surface area contributed by atoms with Crippen LogP contribution in [0.15, 0.2) is 36.7 Å². The lowest BCUT2D eigenvalue weighted by Crippen LogP contribution is -2.15. The fourth-order valence-corrected chi connectivity index (χ4v) is 4.55. The Bertz CT molecular complexity index is 750. The zero-order valence-electron chi connectivity index (χ0n) is 17.9. The van der Waals surface area contributed by atoms with Gasteiger partial charge in [-0.2, -0.15) is 5.26 Å². The van der Waals surface area contributed by atoms with Crippen LogP contribution in [0.3, 0.4) is 0 Å². The van der Waals surface area contributed by atoms with Gasteiger partial charge in [0.2, 0.25) is 0 Å². The van der Waals surface area contributed by atoms with Crippen LogP contribution < -0.4 is 0 Å². The molecule has 1 aromatic heterocycles. The second-order valence-corrected chi connectivity index (χ2v) is 8.71. The summed E-state index contributed by atoms with van der Waals surface area (Å²) in [5.74, 6) is 1.85. The zero-order chi connectivity index (χ0) is 20.3. The van der Waals surface area contributed by atoms with Crippen molar-refractivity contribution in [1.29, 1.82) is 5.26 Å². The van der Waals surface area contributed by atoms with Crippen molar-refractivity contribution in [1.82, 2.24) is 9.97 Å². The first-order valence-corrected chi connectivity index (χ1v) is 11.6. The molecule has 3 rings (SSSR count). The van der Waals surface area contributed by atoms with Crippen LogP contribution in [0.2, 0.25) is 0 Å². The van der Waals surface area contributed by atoms with Crippen molar-refractivity contribution in [3.05, 3.63) is 47.9 Å². The Morgan fingerprint density at radius 1 is 0.862 bits per heavy atom. The van der Waals surface area contributed by atoms with E-state index in [1.54, 1.807) is 0 Å². The van der Waals surface area contributed by atoms with E-state index in [1.807, 2.05) is 36.7 Å². The Morgan fingerprint density at radius 3 is 2.17 bits per heavy atom. The number of nitriles is 1. The van der Waals surface area contributed by atoms with Crippen LogP contribution in [0.5, 0.6) is 0 Å². The predicted molar refractivity (Wildman–Crippen MR) is 119 cm³/mol. The molecule has 0 radical (unpaired) electrons. The molecule has 2 aromatic rings. The Hall–Kier alpha value is -2.21. The molecule has 1 heterocycles. The van der Waals surface area contributed by atoms with Gasteiger partial charge in [-0.25, -0.2) is 0 Å². The van der Waals surface area contributed by atoms with Crippen LogP contribution in [0.25, 0.3) is 11.3 Å².